The van der Waals surface area contributed by atoms with Crippen LogP contribution in [0.4, 0.5) is 0 Å². The van der Waals surface area contributed by atoms with E-state index in [-0.39, 0.29) is 31.4 Å². The molecule has 0 fully saturated rings. The topological polar surface area (TPSA) is 102 Å². The second-order valence-corrected chi connectivity index (χ2v) is 9.10. The van der Waals surface area contributed by atoms with Gasteiger partial charge in [0.1, 0.15) is 11.2 Å². The Kier molecular flexibility index (Phi) is 9.05. The normalized spacial score (nSPS) is 12.1. The maximum Gasteiger partial charge on any atom is 0.193 e. The second kappa shape index (κ2) is 11.1. The number of hydrogen-bond acceptors (Lipinski definition) is 7. The second-order valence-electron chi connectivity index (χ2n) is 9.10. The van der Waals surface area contributed by atoms with Crippen molar-refractivity contribution in [2.24, 2.45) is 0 Å². The lowest BCUT2D eigenvalue weighted by molar-refractivity contribution is 0.0486. The van der Waals surface area contributed by atoms with Gasteiger partial charge in [-0.3, -0.25) is 9.59 Å². The molecule has 0 spiro atoms. The van der Waals surface area contributed by atoms with Gasteiger partial charge in [-0.15, -0.1) is 0 Å². The smallest absolute Gasteiger partial charge is 0.193 e. The molecule has 0 amide bonds. The predicted octanol–water partition coefficient (Wildman–Crippen LogP) is 3.60. The molecule has 33 heavy (non-hydrogen) atoms. The van der Waals surface area contributed by atoms with Crippen LogP contribution in [0.25, 0.3) is 0 Å². The van der Waals surface area contributed by atoms with Gasteiger partial charge in [0.25, 0.3) is 0 Å². The monoisotopic (exact) mass is 458 g/mol. The quantitative estimate of drug-likeness (QED) is 0.469. The van der Waals surface area contributed by atoms with Crippen molar-refractivity contribution in [2.75, 3.05) is 14.2 Å². The van der Waals surface area contributed by atoms with Crippen molar-refractivity contribution in [1.29, 1.82) is 0 Å². The Bertz CT molecular complexity index is 981. The lowest BCUT2D eigenvalue weighted by Gasteiger charge is -2.18. The van der Waals surface area contributed by atoms with Crippen molar-refractivity contribution in [3.05, 3.63) is 69.8 Å². The SMILES string of the molecule is COCc1cc(C(=O)C(C)(C)O)ccc1COCc1cc(C(=O)C(C)(C)O)ccc1COC. The fraction of sp³-hybridized carbons (Fsp3) is 0.462. The third kappa shape index (κ3) is 7.28. The summed E-state index contributed by atoms with van der Waals surface area (Å²) in [6, 6.07) is 10.4. The molecule has 180 valence electrons. The van der Waals surface area contributed by atoms with Crippen LogP contribution in [0.5, 0.6) is 0 Å². The number of carbonyl (C=O) groups excluding carboxylic acids is 2. The molecule has 0 saturated carbocycles. The van der Waals surface area contributed by atoms with Crippen LogP contribution in [0, 0.1) is 0 Å². The van der Waals surface area contributed by atoms with Crippen LogP contribution < -0.4 is 0 Å². The van der Waals surface area contributed by atoms with Crippen molar-refractivity contribution in [3.63, 3.8) is 0 Å². The van der Waals surface area contributed by atoms with E-state index in [1.807, 2.05) is 0 Å². The van der Waals surface area contributed by atoms with Gasteiger partial charge in [0.2, 0.25) is 0 Å². The van der Waals surface area contributed by atoms with Gasteiger partial charge in [-0.05, 0) is 62.1 Å². The predicted molar refractivity (Wildman–Crippen MR) is 124 cm³/mol. The first-order valence-corrected chi connectivity index (χ1v) is 10.7. The summed E-state index contributed by atoms with van der Waals surface area (Å²) in [6.07, 6.45) is 0. The van der Waals surface area contributed by atoms with Crippen molar-refractivity contribution in [2.45, 2.75) is 65.3 Å². The fourth-order valence-corrected chi connectivity index (χ4v) is 3.37. The molecule has 2 rings (SSSR count). The van der Waals surface area contributed by atoms with Gasteiger partial charge in [-0.25, -0.2) is 0 Å². The van der Waals surface area contributed by atoms with Crippen LogP contribution in [-0.4, -0.2) is 47.2 Å². The Morgan fingerprint density at radius 3 is 1.45 bits per heavy atom. The van der Waals surface area contributed by atoms with Crippen molar-refractivity contribution < 1.29 is 34.0 Å². The number of carbonyl (C=O) groups is 2. The average Bonchev–Trinajstić information content (AvgIpc) is 2.73. The van der Waals surface area contributed by atoms with Crippen molar-refractivity contribution in [3.8, 4) is 0 Å². The van der Waals surface area contributed by atoms with E-state index in [1.54, 1.807) is 50.6 Å². The summed E-state index contributed by atoms with van der Waals surface area (Å²) in [5.41, 5.74) is 1.16. The van der Waals surface area contributed by atoms with Crippen LogP contribution in [0.15, 0.2) is 36.4 Å². The Morgan fingerprint density at radius 2 is 1.03 bits per heavy atom. The van der Waals surface area contributed by atoms with E-state index in [9.17, 15) is 19.8 Å². The molecular weight excluding hydrogens is 424 g/mol. The minimum absolute atomic E-state index is 0.225. The van der Waals surface area contributed by atoms with Crippen molar-refractivity contribution in [1.82, 2.24) is 0 Å². The largest absolute Gasteiger partial charge is 0.382 e. The number of benzene rings is 2. The van der Waals surface area contributed by atoms with Gasteiger partial charge < -0.3 is 24.4 Å². The third-order valence-corrected chi connectivity index (χ3v) is 5.16. The number of rotatable bonds is 12. The van der Waals surface area contributed by atoms with Gasteiger partial charge in [-0.1, -0.05) is 24.3 Å². The Balaban J connectivity index is 2.23. The average molecular weight is 459 g/mol. The highest BCUT2D eigenvalue weighted by Crippen LogP contribution is 2.22. The van der Waals surface area contributed by atoms with E-state index >= 15 is 0 Å². The summed E-state index contributed by atoms with van der Waals surface area (Å²) in [5.74, 6) is -0.744. The fourth-order valence-electron chi connectivity index (χ4n) is 3.37. The summed E-state index contributed by atoms with van der Waals surface area (Å²) in [5, 5.41) is 20.1. The standard InChI is InChI=1S/C26H34O7/c1-25(2,29)23(27)17-8-10-20(21(11-17)14-32-6)15-33-16-22-12-18(24(28)26(3,4)30)7-9-19(22)13-31-5/h7-12,29-30H,13-16H2,1-6H3. The lowest BCUT2D eigenvalue weighted by Crippen LogP contribution is -2.31. The number of methoxy groups -OCH3 is 2. The molecule has 0 unspecified atom stereocenters. The third-order valence-electron chi connectivity index (χ3n) is 5.16. The van der Waals surface area contributed by atoms with Crippen LogP contribution >= 0.6 is 0 Å². The Hall–Kier alpha value is -2.42. The Labute approximate surface area is 195 Å². The van der Waals surface area contributed by atoms with Crippen LogP contribution in [0.1, 0.15) is 70.7 Å². The molecule has 0 aromatic heterocycles. The summed E-state index contributed by atoms with van der Waals surface area (Å²) >= 11 is 0. The van der Waals surface area contributed by atoms with Gasteiger partial charge >= 0.3 is 0 Å². The highest BCUT2D eigenvalue weighted by Gasteiger charge is 2.27. The zero-order chi connectivity index (χ0) is 24.8. The number of ether oxygens (including phenoxy) is 3. The molecule has 7 heteroatoms. The zero-order valence-corrected chi connectivity index (χ0v) is 20.2. The minimum Gasteiger partial charge on any atom is -0.382 e. The zero-order valence-electron chi connectivity index (χ0n) is 20.2. The summed E-state index contributed by atoms with van der Waals surface area (Å²) < 4.78 is 16.5. The highest BCUT2D eigenvalue weighted by molar-refractivity contribution is 6.02. The van der Waals surface area contributed by atoms with E-state index in [4.69, 9.17) is 14.2 Å². The number of hydrogen-bond donors (Lipinski definition) is 2. The molecule has 0 aliphatic carbocycles. The van der Waals surface area contributed by atoms with E-state index in [2.05, 4.69) is 0 Å². The minimum atomic E-state index is -1.47. The van der Waals surface area contributed by atoms with Crippen LogP contribution in [0.3, 0.4) is 0 Å². The van der Waals surface area contributed by atoms with Crippen LogP contribution in [-0.2, 0) is 40.6 Å². The van der Waals surface area contributed by atoms with Crippen LogP contribution in [0.2, 0.25) is 0 Å². The molecule has 0 bridgehead atoms. The molecule has 0 aliphatic heterocycles. The molecule has 0 aliphatic rings. The van der Waals surface area contributed by atoms with E-state index in [1.165, 1.54) is 27.7 Å². The Morgan fingerprint density at radius 1 is 0.667 bits per heavy atom. The lowest BCUT2D eigenvalue weighted by atomic mass is 9.94. The van der Waals surface area contributed by atoms with E-state index in [0.717, 1.165) is 22.3 Å². The maximum absolute atomic E-state index is 12.5. The van der Waals surface area contributed by atoms with E-state index < -0.39 is 11.2 Å². The molecule has 2 aromatic carbocycles. The first-order chi connectivity index (χ1) is 15.4. The number of ketones is 2. The summed E-state index contributed by atoms with van der Waals surface area (Å²) in [4.78, 5) is 24.9. The van der Waals surface area contributed by atoms with Crippen molar-refractivity contribution >= 4 is 11.6 Å². The first-order valence-electron chi connectivity index (χ1n) is 10.7. The number of Topliss-reactive ketones (excluding diaryl/α,β-unsaturated/α-hetero) is 2. The summed E-state index contributed by atoms with van der Waals surface area (Å²) in [6.45, 7) is 6.95. The van der Waals surface area contributed by atoms with Gasteiger partial charge in [0.05, 0.1) is 26.4 Å². The number of aliphatic hydroxyl groups is 2. The maximum atomic E-state index is 12.5. The molecule has 7 nitrogen and oxygen atoms in total. The molecule has 2 aromatic rings. The van der Waals surface area contributed by atoms with Gasteiger partial charge in [-0.2, -0.15) is 0 Å². The van der Waals surface area contributed by atoms with Gasteiger partial charge in [0.15, 0.2) is 11.6 Å². The summed E-state index contributed by atoms with van der Waals surface area (Å²) in [7, 11) is 3.16. The molecule has 2 N–H and O–H groups in total. The molecule has 0 radical (unpaired) electrons. The molecule has 0 heterocycles. The van der Waals surface area contributed by atoms with E-state index in [0.29, 0.717) is 17.7 Å². The molecular formula is C26H34O7. The molecule has 0 saturated heterocycles. The van der Waals surface area contributed by atoms with Gasteiger partial charge in [0, 0.05) is 25.3 Å². The highest BCUT2D eigenvalue weighted by atomic mass is 16.5. The first kappa shape index (κ1) is 26.8. The molecule has 0 atom stereocenters.